The number of hydrogen-bond donors (Lipinski definition) is 1. The molecule has 2 aromatic rings. The van der Waals surface area contributed by atoms with Gasteiger partial charge < -0.3 is 9.73 Å². The molecule has 3 heteroatoms. The number of halogens is 1. The smallest absolute Gasteiger partial charge is 0.139 e. The molecule has 0 spiro atoms. The van der Waals surface area contributed by atoms with Gasteiger partial charge in [-0.05, 0) is 24.5 Å². The van der Waals surface area contributed by atoms with E-state index in [-0.39, 0.29) is 0 Å². The summed E-state index contributed by atoms with van der Waals surface area (Å²) in [5, 5.41) is 5.28. The van der Waals surface area contributed by atoms with E-state index in [1.807, 2.05) is 12.1 Å². The maximum atomic E-state index is 6.37. The Labute approximate surface area is 120 Å². The maximum Gasteiger partial charge on any atom is 0.139 e. The zero-order valence-corrected chi connectivity index (χ0v) is 13.1. The van der Waals surface area contributed by atoms with Crippen LogP contribution in [0.4, 0.5) is 0 Å². The second kappa shape index (κ2) is 5.56. The van der Waals surface area contributed by atoms with Crippen LogP contribution < -0.4 is 5.32 Å². The Balaban J connectivity index is 2.60. The number of fused-ring (bicyclic) bond motifs is 1. The molecule has 104 valence electrons. The zero-order valence-electron chi connectivity index (χ0n) is 12.3. The van der Waals surface area contributed by atoms with Crippen molar-refractivity contribution in [2.24, 2.45) is 0 Å². The zero-order chi connectivity index (χ0) is 14.2. The van der Waals surface area contributed by atoms with Crippen LogP contribution >= 0.6 is 11.6 Å². The molecule has 0 bridgehead atoms. The minimum Gasteiger partial charge on any atom is -0.459 e. The number of benzene rings is 1. The quantitative estimate of drug-likeness (QED) is 0.850. The van der Waals surface area contributed by atoms with E-state index in [0.29, 0.717) is 12.0 Å². The van der Waals surface area contributed by atoms with Gasteiger partial charge in [-0.25, -0.2) is 0 Å². The van der Waals surface area contributed by atoms with Crippen molar-refractivity contribution in [1.82, 2.24) is 5.32 Å². The standard InChI is InChI=1S/C16H22ClNO/c1-9(2)14-13(8-18-10(3)4)19-16-11(5)6-7-12(17)15(14)16/h6-7,9-10,18H,8H2,1-5H3. The van der Waals surface area contributed by atoms with Gasteiger partial charge in [0.2, 0.25) is 0 Å². The highest BCUT2D eigenvalue weighted by Gasteiger charge is 2.20. The lowest BCUT2D eigenvalue weighted by molar-refractivity contribution is 0.480. The van der Waals surface area contributed by atoms with Gasteiger partial charge in [0.1, 0.15) is 11.3 Å². The lowest BCUT2D eigenvalue weighted by Gasteiger charge is -2.10. The molecule has 19 heavy (non-hydrogen) atoms. The number of nitrogens with one attached hydrogen (secondary N) is 1. The molecule has 0 aliphatic rings. The number of rotatable bonds is 4. The molecule has 0 saturated heterocycles. The van der Waals surface area contributed by atoms with E-state index in [2.05, 4.69) is 39.9 Å². The first-order valence-corrected chi connectivity index (χ1v) is 7.23. The predicted octanol–water partition coefficient (Wildman–Crippen LogP) is 5.02. The first-order chi connectivity index (χ1) is 8.91. The highest BCUT2D eigenvalue weighted by atomic mass is 35.5. The minimum absolute atomic E-state index is 0.393. The highest BCUT2D eigenvalue weighted by Crippen LogP contribution is 2.37. The molecule has 0 atom stereocenters. The molecule has 0 radical (unpaired) electrons. The van der Waals surface area contributed by atoms with Gasteiger partial charge in [-0.15, -0.1) is 0 Å². The highest BCUT2D eigenvalue weighted by molar-refractivity contribution is 6.35. The normalized spacial score (nSPS) is 12.0. The van der Waals surface area contributed by atoms with Crippen LogP contribution in [-0.2, 0) is 6.54 Å². The Kier molecular flexibility index (Phi) is 4.22. The van der Waals surface area contributed by atoms with Crippen LogP contribution in [0.2, 0.25) is 5.02 Å². The molecule has 2 nitrogen and oxygen atoms in total. The fourth-order valence-electron chi connectivity index (χ4n) is 2.40. The molecule has 1 N–H and O–H groups in total. The van der Waals surface area contributed by atoms with Gasteiger partial charge in [-0.2, -0.15) is 0 Å². The number of furan rings is 1. The Morgan fingerprint density at radius 2 is 1.89 bits per heavy atom. The van der Waals surface area contributed by atoms with E-state index in [4.69, 9.17) is 16.0 Å². The van der Waals surface area contributed by atoms with Crippen molar-refractivity contribution >= 4 is 22.6 Å². The molecule has 0 amide bonds. The Morgan fingerprint density at radius 1 is 1.21 bits per heavy atom. The van der Waals surface area contributed by atoms with Gasteiger partial charge in [0, 0.05) is 17.0 Å². The summed E-state index contributed by atoms with van der Waals surface area (Å²) in [5.41, 5.74) is 3.30. The summed E-state index contributed by atoms with van der Waals surface area (Å²) in [7, 11) is 0. The van der Waals surface area contributed by atoms with Crippen molar-refractivity contribution in [3.63, 3.8) is 0 Å². The molecule has 0 saturated carbocycles. The third kappa shape index (κ3) is 2.80. The Hall–Kier alpha value is -0.990. The van der Waals surface area contributed by atoms with Crippen LogP contribution in [0.5, 0.6) is 0 Å². The van der Waals surface area contributed by atoms with Crippen molar-refractivity contribution in [2.45, 2.75) is 53.1 Å². The molecule has 2 rings (SSSR count). The Morgan fingerprint density at radius 3 is 2.47 bits per heavy atom. The van der Waals surface area contributed by atoms with E-state index in [9.17, 15) is 0 Å². The lowest BCUT2D eigenvalue weighted by Crippen LogP contribution is -2.22. The largest absolute Gasteiger partial charge is 0.459 e. The second-order valence-corrected chi connectivity index (χ2v) is 6.10. The van der Waals surface area contributed by atoms with E-state index in [1.54, 1.807) is 0 Å². The summed E-state index contributed by atoms with van der Waals surface area (Å²) >= 11 is 6.37. The molecule has 0 unspecified atom stereocenters. The average Bonchev–Trinajstić information content (AvgIpc) is 2.72. The summed E-state index contributed by atoms with van der Waals surface area (Å²) in [6, 6.07) is 4.41. The van der Waals surface area contributed by atoms with Gasteiger partial charge in [0.15, 0.2) is 0 Å². The molecular formula is C16H22ClNO. The summed E-state index contributed by atoms with van der Waals surface area (Å²) in [6.07, 6.45) is 0. The summed E-state index contributed by atoms with van der Waals surface area (Å²) in [6.45, 7) is 11.4. The third-order valence-corrected chi connectivity index (χ3v) is 3.66. The van der Waals surface area contributed by atoms with Gasteiger partial charge in [0.25, 0.3) is 0 Å². The monoisotopic (exact) mass is 279 g/mol. The Bertz CT molecular complexity index is 584. The number of aryl methyl sites for hydroxylation is 1. The molecule has 1 heterocycles. The molecule has 0 aliphatic carbocycles. The lowest BCUT2D eigenvalue weighted by atomic mass is 9.98. The molecule has 1 aromatic heterocycles. The average molecular weight is 280 g/mol. The van der Waals surface area contributed by atoms with Crippen LogP contribution in [0.3, 0.4) is 0 Å². The first-order valence-electron chi connectivity index (χ1n) is 6.85. The fourth-order valence-corrected chi connectivity index (χ4v) is 2.65. The van der Waals surface area contributed by atoms with Gasteiger partial charge in [0.05, 0.1) is 11.6 Å². The molecule has 0 aliphatic heterocycles. The van der Waals surface area contributed by atoms with Crippen molar-refractivity contribution in [3.05, 3.63) is 34.0 Å². The molecule has 0 fully saturated rings. The van der Waals surface area contributed by atoms with E-state index in [0.717, 1.165) is 33.9 Å². The van der Waals surface area contributed by atoms with Crippen molar-refractivity contribution in [3.8, 4) is 0 Å². The molecule has 1 aromatic carbocycles. The van der Waals surface area contributed by atoms with Crippen LogP contribution in [0.15, 0.2) is 16.5 Å². The van der Waals surface area contributed by atoms with Gasteiger partial charge >= 0.3 is 0 Å². The predicted molar refractivity (Wildman–Crippen MR) is 82.0 cm³/mol. The molecular weight excluding hydrogens is 258 g/mol. The van der Waals surface area contributed by atoms with Gasteiger partial charge in [-0.3, -0.25) is 0 Å². The topological polar surface area (TPSA) is 25.2 Å². The van der Waals surface area contributed by atoms with Crippen LogP contribution in [0.1, 0.15) is 50.5 Å². The van der Waals surface area contributed by atoms with Crippen molar-refractivity contribution < 1.29 is 4.42 Å². The van der Waals surface area contributed by atoms with Crippen molar-refractivity contribution in [1.29, 1.82) is 0 Å². The second-order valence-electron chi connectivity index (χ2n) is 5.70. The summed E-state index contributed by atoms with van der Waals surface area (Å²) < 4.78 is 6.08. The third-order valence-electron chi connectivity index (χ3n) is 3.35. The van der Waals surface area contributed by atoms with Crippen molar-refractivity contribution in [2.75, 3.05) is 0 Å². The van der Waals surface area contributed by atoms with Crippen LogP contribution in [0, 0.1) is 6.92 Å². The van der Waals surface area contributed by atoms with Gasteiger partial charge in [-0.1, -0.05) is 45.4 Å². The fraction of sp³-hybridized carbons (Fsp3) is 0.500. The van der Waals surface area contributed by atoms with Crippen LogP contribution in [-0.4, -0.2) is 6.04 Å². The SMILES string of the molecule is Cc1ccc(Cl)c2c(C(C)C)c(CNC(C)C)oc12. The number of hydrogen-bond acceptors (Lipinski definition) is 2. The van der Waals surface area contributed by atoms with E-state index < -0.39 is 0 Å². The summed E-state index contributed by atoms with van der Waals surface area (Å²) in [4.78, 5) is 0. The van der Waals surface area contributed by atoms with E-state index in [1.165, 1.54) is 5.56 Å². The summed E-state index contributed by atoms with van der Waals surface area (Å²) in [5.74, 6) is 1.40. The minimum atomic E-state index is 0.393. The maximum absolute atomic E-state index is 6.37. The first kappa shape index (κ1) is 14.4. The van der Waals surface area contributed by atoms with E-state index >= 15 is 0 Å². The van der Waals surface area contributed by atoms with Crippen LogP contribution in [0.25, 0.3) is 11.0 Å².